The van der Waals surface area contributed by atoms with Crippen LogP contribution < -0.4 is 10.6 Å². The summed E-state index contributed by atoms with van der Waals surface area (Å²) in [7, 11) is 0. The zero-order chi connectivity index (χ0) is 17.6. The van der Waals surface area contributed by atoms with E-state index in [1.165, 1.54) is 31.4 Å². The maximum absolute atomic E-state index is 13.6. The van der Waals surface area contributed by atoms with Crippen LogP contribution in [0.25, 0.3) is 0 Å². The van der Waals surface area contributed by atoms with E-state index >= 15 is 0 Å². The molecule has 134 valence electrons. The van der Waals surface area contributed by atoms with E-state index in [2.05, 4.69) is 10.6 Å². The van der Waals surface area contributed by atoms with Gasteiger partial charge in [-0.15, -0.1) is 0 Å². The van der Waals surface area contributed by atoms with E-state index < -0.39 is 17.6 Å². The Kier molecular flexibility index (Phi) is 4.05. The average molecular weight is 344 g/mol. The summed E-state index contributed by atoms with van der Waals surface area (Å²) in [6, 6.07) is 5.84. The van der Waals surface area contributed by atoms with Gasteiger partial charge in [-0.1, -0.05) is 12.1 Å². The molecule has 4 bridgehead atoms. The zero-order valence-electron chi connectivity index (χ0n) is 14.6. The predicted octanol–water partition coefficient (Wildman–Crippen LogP) is 3.49. The molecule has 0 saturated heterocycles. The van der Waals surface area contributed by atoms with Crippen molar-refractivity contribution in [3.8, 4) is 0 Å². The van der Waals surface area contributed by atoms with Crippen LogP contribution in [0.15, 0.2) is 24.3 Å². The number of anilines is 1. The molecule has 0 radical (unpaired) electrons. The summed E-state index contributed by atoms with van der Waals surface area (Å²) in [5.41, 5.74) is 0.174. The minimum atomic E-state index is -0.804. The van der Waals surface area contributed by atoms with E-state index in [1.54, 1.807) is 12.1 Å². The molecule has 25 heavy (non-hydrogen) atoms. The number of carbonyl (C=O) groups excluding carboxylic acids is 2. The third kappa shape index (κ3) is 3.05. The first-order chi connectivity index (χ1) is 11.9. The van der Waals surface area contributed by atoms with Crippen LogP contribution in [-0.2, 0) is 9.59 Å². The van der Waals surface area contributed by atoms with Crippen molar-refractivity contribution in [1.29, 1.82) is 0 Å². The lowest BCUT2D eigenvalue weighted by atomic mass is 9.48. The summed E-state index contributed by atoms with van der Waals surface area (Å²) in [5, 5.41) is 5.27. The summed E-state index contributed by atoms with van der Waals surface area (Å²) < 4.78 is 13.6. The van der Waals surface area contributed by atoms with Crippen molar-refractivity contribution in [2.24, 2.45) is 23.2 Å². The highest BCUT2D eigenvalue weighted by molar-refractivity contribution is 6.39. The molecular weight excluding hydrogens is 319 g/mol. The van der Waals surface area contributed by atoms with E-state index in [-0.39, 0.29) is 17.1 Å². The Morgan fingerprint density at radius 3 is 2.16 bits per heavy atom. The Hall–Kier alpha value is -1.91. The van der Waals surface area contributed by atoms with Crippen molar-refractivity contribution >= 4 is 17.5 Å². The fraction of sp³-hybridized carbons (Fsp3) is 0.600. The quantitative estimate of drug-likeness (QED) is 0.825. The van der Waals surface area contributed by atoms with Crippen molar-refractivity contribution in [2.75, 3.05) is 5.32 Å². The van der Waals surface area contributed by atoms with Gasteiger partial charge in [0.25, 0.3) is 0 Å². The highest BCUT2D eigenvalue weighted by atomic mass is 19.1. The zero-order valence-corrected chi connectivity index (χ0v) is 14.6. The van der Waals surface area contributed by atoms with Crippen LogP contribution in [0.4, 0.5) is 10.1 Å². The van der Waals surface area contributed by atoms with E-state index in [4.69, 9.17) is 0 Å². The Labute approximate surface area is 147 Å². The number of nitrogens with one attached hydrogen (secondary N) is 2. The largest absolute Gasteiger partial charge is 0.345 e. The molecule has 1 aromatic carbocycles. The van der Waals surface area contributed by atoms with Gasteiger partial charge in [0.2, 0.25) is 0 Å². The van der Waals surface area contributed by atoms with Crippen LogP contribution in [0.3, 0.4) is 0 Å². The fourth-order valence-corrected chi connectivity index (χ4v) is 5.86. The summed E-state index contributed by atoms with van der Waals surface area (Å²) in [4.78, 5) is 24.5. The summed E-state index contributed by atoms with van der Waals surface area (Å²) in [5.74, 6) is 0.347. The van der Waals surface area contributed by atoms with Gasteiger partial charge in [-0.3, -0.25) is 9.59 Å². The van der Waals surface area contributed by atoms with Crippen molar-refractivity contribution in [3.05, 3.63) is 30.1 Å². The smallest absolute Gasteiger partial charge is 0.313 e. The van der Waals surface area contributed by atoms with Crippen LogP contribution in [0.5, 0.6) is 0 Å². The molecule has 4 fully saturated rings. The van der Waals surface area contributed by atoms with Crippen molar-refractivity contribution in [1.82, 2.24) is 5.32 Å². The van der Waals surface area contributed by atoms with Gasteiger partial charge in [0, 0.05) is 6.04 Å². The van der Waals surface area contributed by atoms with Gasteiger partial charge < -0.3 is 10.6 Å². The number of benzene rings is 1. The first-order valence-electron chi connectivity index (χ1n) is 9.31. The maximum atomic E-state index is 13.6. The second kappa shape index (κ2) is 6.11. The predicted molar refractivity (Wildman–Crippen MR) is 93.2 cm³/mol. The van der Waals surface area contributed by atoms with Gasteiger partial charge in [0.1, 0.15) is 5.82 Å². The number of hydrogen-bond donors (Lipinski definition) is 2. The molecule has 4 aliphatic rings. The van der Waals surface area contributed by atoms with Crippen LogP contribution in [-0.4, -0.2) is 17.9 Å². The molecule has 0 heterocycles. The number of para-hydroxylation sites is 1. The lowest BCUT2D eigenvalue weighted by Gasteiger charge is -2.59. The highest BCUT2D eigenvalue weighted by Crippen LogP contribution is 2.61. The van der Waals surface area contributed by atoms with E-state index in [9.17, 15) is 14.0 Å². The first kappa shape index (κ1) is 16.6. The minimum Gasteiger partial charge on any atom is -0.345 e. The number of hydrogen-bond acceptors (Lipinski definition) is 2. The number of carbonyl (C=O) groups is 2. The number of halogens is 1. The second-order valence-electron chi connectivity index (χ2n) is 8.41. The number of rotatable bonds is 3. The molecular formula is C20H25FN2O2. The van der Waals surface area contributed by atoms with Crippen LogP contribution in [0, 0.1) is 29.0 Å². The molecule has 5 heteroatoms. The topological polar surface area (TPSA) is 58.2 Å². The molecule has 0 aliphatic heterocycles. The Bertz CT molecular complexity index is 667. The van der Waals surface area contributed by atoms with E-state index in [1.807, 2.05) is 6.92 Å². The molecule has 1 atom stereocenters. The Balaban J connectivity index is 1.40. The Morgan fingerprint density at radius 1 is 1.04 bits per heavy atom. The van der Waals surface area contributed by atoms with Crippen molar-refractivity contribution < 1.29 is 14.0 Å². The van der Waals surface area contributed by atoms with Gasteiger partial charge in [-0.2, -0.15) is 0 Å². The highest BCUT2D eigenvalue weighted by Gasteiger charge is 2.53. The summed E-state index contributed by atoms with van der Waals surface area (Å²) in [6.07, 6.45) is 7.51. The van der Waals surface area contributed by atoms with Crippen LogP contribution in [0.2, 0.25) is 0 Å². The molecule has 4 aliphatic carbocycles. The van der Waals surface area contributed by atoms with Crippen LogP contribution in [0.1, 0.15) is 45.4 Å². The molecule has 5 rings (SSSR count). The van der Waals surface area contributed by atoms with E-state index in [0.29, 0.717) is 0 Å². The summed E-state index contributed by atoms with van der Waals surface area (Å²) in [6.45, 7) is 2.03. The van der Waals surface area contributed by atoms with Gasteiger partial charge in [-0.25, -0.2) is 4.39 Å². The fourth-order valence-electron chi connectivity index (χ4n) is 5.86. The standard InChI is InChI=1S/C20H25FN2O2/c1-12(20-9-13-6-14(10-20)8-15(7-13)11-20)22-18(24)19(25)23-17-5-3-2-4-16(17)21/h2-5,12-15H,6-11H2,1H3,(H,22,24)(H,23,25). The average Bonchev–Trinajstić information content (AvgIpc) is 2.55. The second-order valence-corrected chi connectivity index (χ2v) is 8.41. The van der Waals surface area contributed by atoms with Gasteiger partial charge in [0.05, 0.1) is 5.69 Å². The molecule has 2 amide bonds. The third-order valence-electron chi connectivity index (χ3n) is 6.68. The lowest BCUT2D eigenvalue weighted by molar-refractivity contribution is -0.138. The molecule has 1 aromatic rings. The SMILES string of the molecule is CC(NC(=O)C(=O)Nc1ccccc1F)C12CC3CC(CC(C3)C1)C2. The third-order valence-corrected chi connectivity index (χ3v) is 6.68. The molecule has 1 unspecified atom stereocenters. The number of amides is 2. The van der Waals surface area contributed by atoms with Crippen molar-refractivity contribution in [3.63, 3.8) is 0 Å². The molecule has 0 spiro atoms. The molecule has 0 aromatic heterocycles. The first-order valence-corrected chi connectivity index (χ1v) is 9.31. The summed E-state index contributed by atoms with van der Waals surface area (Å²) >= 11 is 0. The Morgan fingerprint density at radius 2 is 1.60 bits per heavy atom. The lowest BCUT2D eigenvalue weighted by Crippen LogP contribution is -2.57. The molecule has 4 saturated carbocycles. The normalized spacial score (nSPS) is 33.8. The monoisotopic (exact) mass is 344 g/mol. The van der Waals surface area contributed by atoms with Crippen molar-refractivity contribution in [2.45, 2.75) is 51.5 Å². The molecule has 4 nitrogen and oxygen atoms in total. The maximum Gasteiger partial charge on any atom is 0.313 e. The van der Waals surface area contributed by atoms with E-state index in [0.717, 1.165) is 37.0 Å². The van der Waals surface area contributed by atoms with Gasteiger partial charge >= 0.3 is 11.8 Å². The minimum absolute atomic E-state index is 0.0280. The van der Waals surface area contributed by atoms with Crippen LogP contribution >= 0.6 is 0 Å². The van der Waals surface area contributed by atoms with Gasteiger partial charge in [0.15, 0.2) is 0 Å². The molecule has 2 N–H and O–H groups in total. The van der Waals surface area contributed by atoms with Gasteiger partial charge in [-0.05, 0) is 80.8 Å².